The van der Waals surface area contributed by atoms with Gasteiger partial charge in [-0.2, -0.15) is 0 Å². The van der Waals surface area contributed by atoms with E-state index in [0.29, 0.717) is 0 Å². The van der Waals surface area contributed by atoms with Crippen LogP contribution in [-0.4, -0.2) is 17.7 Å². The number of para-hydroxylation sites is 2. The van der Waals surface area contributed by atoms with Crippen LogP contribution in [0.4, 0.5) is 11.4 Å². The molecular formula is C17H18N2OS. The Kier molecular flexibility index (Phi) is 4.15. The lowest BCUT2D eigenvalue weighted by Gasteiger charge is -2.14. The Morgan fingerprint density at radius 1 is 1.24 bits per heavy atom. The Morgan fingerprint density at radius 2 is 2.00 bits per heavy atom. The number of thioether (sulfide) groups is 1. The summed E-state index contributed by atoms with van der Waals surface area (Å²) in [5, 5.41) is 6.34. The quantitative estimate of drug-likeness (QED) is 0.844. The highest BCUT2D eigenvalue weighted by Crippen LogP contribution is 2.29. The lowest BCUT2D eigenvalue weighted by molar-refractivity contribution is -0.116. The summed E-state index contributed by atoms with van der Waals surface area (Å²) in [6.07, 6.45) is 0.741. The maximum Gasteiger partial charge on any atom is 0.247 e. The van der Waals surface area contributed by atoms with Crippen LogP contribution in [0.5, 0.6) is 0 Å². The van der Waals surface area contributed by atoms with Gasteiger partial charge in [0.2, 0.25) is 5.91 Å². The molecule has 1 aliphatic rings. The topological polar surface area (TPSA) is 41.1 Å². The molecule has 0 saturated heterocycles. The molecule has 2 N–H and O–H groups in total. The van der Waals surface area contributed by atoms with Gasteiger partial charge in [-0.15, -0.1) is 11.8 Å². The van der Waals surface area contributed by atoms with Crippen molar-refractivity contribution in [3.05, 3.63) is 54.1 Å². The minimum atomic E-state index is -0.193. The molecule has 0 aliphatic carbocycles. The van der Waals surface area contributed by atoms with E-state index in [-0.39, 0.29) is 11.9 Å². The highest BCUT2D eigenvalue weighted by atomic mass is 32.2. The third-order valence-electron chi connectivity index (χ3n) is 3.53. The Labute approximate surface area is 129 Å². The molecular weight excluding hydrogens is 280 g/mol. The van der Waals surface area contributed by atoms with Crippen LogP contribution in [0.25, 0.3) is 0 Å². The van der Waals surface area contributed by atoms with Crippen molar-refractivity contribution in [2.75, 3.05) is 16.4 Å². The molecule has 0 radical (unpaired) electrons. The molecule has 1 heterocycles. The van der Waals surface area contributed by atoms with Crippen LogP contribution in [-0.2, 0) is 11.2 Å². The van der Waals surface area contributed by atoms with Crippen LogP contribution >= 0.6 is 11.8 Å². The predicted octanol–water partition coefficient (Wildman–Crippen LogP) is 3.77. The van der Waals surface area contributed by atoms with E-state index in [1.54, 1.807) is 11.8 Å². The normalized spacial score (nSPS) is 16.1. The molecule has 108 valence electrons. The van der Waals surface area contributed by atoms with E-state index in [0.717, 1.165) is 28.4 Å². The van der Waals surface area contributed by atoms with Crippen LogP contribution in [0.2, 0.25) is 0 Å². The molecule has 2 aromatic carbocycles. The number of carbonyl (C=O) groups excluding carboxylic acids is 1. The molecule has 21 heavy (non-hydrogen) atoms. The van der Waals surface area contributed by atoms with E-state index in [2.05, 4.69) is 23.6 Å². The van der Waals surface area contributed by atoms with Gasteiger partial charge in [0.15, 0.2) is 0 Å². The molecule has 1 unspecified atom stereocenters. The Bertz CT molecular complexity index is 632. The van der Waals surface area contributed by atoms with Crippen LogP contribution in [0.1, 0.15) is 12.5 Å². The lowest BCUT2D eigenvalue weighted by Crippen LogP contribution is -2.32. The minimum Gasteiger partial charge on any atom is -0.373 e. The molecule has 1 aliphatic heterocycles. The van der Waals surface area contributed by atoms with Crippen molar-refractivity contribution < 1.29 is 4.79 Å². The van der Waals surface area contributed by atoms with Crippen molar-refractivity contribution in [1.82, 2.24) is 0 Å². The lowest BCUT2D eigenvalue weighted by atomic mass is 10.1. The maximum absolute atomic E-state index is 12.5. The van der Waals surface area contributed by atoms with Crippen molar-refractivity contribution in [3.63, 3.8) is 0 Å². The number of carbonyl (C=O) groups is 1. The number of benzene rings is 2. The number of hydrogen-bond donors (Lipinski definition) is 2. The summed E-state index contributed by atoms with van der Waals surface area (Å²) in [5.41, 5.74) is 3.16. The second-order valence-electron chi connectivity index (χ2n) is 4.98. The molecule has 1 atom stereocenters. The van der Waals surface area contributed by atoms with Gasteiger partial charge in [0.05, 0.1) is 5.69 Å². The van der Waals surface area contributed by atoms with Gasteiger partial charge < -0.3 is 10.6 Å². The highest BCUT2D eigenvalue weighted by Gasteiger charge is 2.26. The van der Waals surface area contributed by atoms with Crippen molar-refractivity contribution in [2.45, 2.75) is 24.3 Å². The molecule has 3 rings (SSSR count). The SMILES string of the molecule is CCSc1ccccc1NC(=O)C1Cc2ccccc2N1. The number of fused-ring (bicyclic) bond motifs is 1. The molecule has 0 spiro atoms. The molecule has 4 heteroatoms. The Balaban J connectivity index is 1.71. The first-order chi connectivity index (χ1) is 10.3. The summed E-state index contributed by atoms with van der Waals surface area (Å²) >= 11 is 1.74. The van der Waals surface area contributed by atoms with Crippen LogP contribution in [0.3, 0.4) is 0 Å². The van der Waals surface area contributed by atoms with E-state index in [1.165, 1.54) is 5.56 Å². The van der Waals surface area contributed by atoms with Crippen molar-refractivity contribution in [2.24, 2.45) is 0 Å². The summed E-state index contributed by atoms with van der Waals surface area (Å²) in [4.78, 5) is 13.6. The first kappa shape index (κ1) is 14.0. The average Bonchev–Trinajstić information content (AvgIpc) is 2.93. The first-order valence-electron chi connectivity index (χ1n) is 7.15. The molecule has 1 amide bonds. The number of anilines is 2. The third kappa shape index (κ3) is 3.05. The minimum absolute atomic E-state index is 0.0235. The fraction of sp³-hybridized carbons (Fsp3) is 0.235. The fourth-order valence-electron chi connectivity index (χ4n) is 2.53. The van der Waals surface area contributed by atoms with Crippen LogP contribution in [0.15, 0.2) is 53.4 Å². The van der Waals surface area contributed by atoms with Crippen LogP contribution in [0, 0.1) is 0 Å². The smallest absolute Gasteiger partial charge is 0.247 e. The van der Waals surface area contributed by atoms with E-state index in [1.807, 2.05) is 42.5 Å². The summed E-state index contributed by atoms with van der Waals surface area (Å²) in [5.74, 6) is 1.01. The largest absolute Gasteiger partial charge is 0.373 e. The van der Waals surface area contributed by atoms with Gasteiger partial charge >= 0.3 is 0 Å². The summed E-state index contributed by atoms with van der Waals surface area (Å²) in [7, 11) is 0. The first-order valence-corrected chi connectivity index (χ1v) is 8.13. The van der Waals surface area contributed by atoms with Crippen molar-refractivity contribution in [1.29, 1.82) is 0 Å². The van der Waals surface area contributed by atoms with Crippen molar-refractivity contribution in [3.8, 4) is 0 Å². The van der Waals surface area contributed by atoms with Gasteiger partial charge in [-0.05, 0) is 29.5 Å². The molecule has 3 nitrogen and oxygen atoms in total. The average molecular weight is 298 g/mol. The van der Waals surface area contributed by atoms with Gasteiger partial charge in [0.25, 0.3) is 0 Å². The van der Waals surface area contributed by atoms with Gasteiger partial charge in [-0.1, -0.05) is 37.3 Å². The second kappa shape index (κ2) is 6.22. The van der Waals surface area contributed by atoms with E-state index in [9.17, 15) is 4.79 Å². The molecule has 2 aromatic rings. The van der Waals surface area contributed by atoms with Crippen molar-refractivity contribution >= 4 is 29.0 Å². The van der Waals surface area contributed by atoms with Gasteiger partial charge in [0, 0.05) is 17.0 Å². The number of amides is 1. The summed E-state index contributed by atoms with van der Waals surface area (Å²) < 4.78 is 0. The fourth-order valence-corrected chi connectivity index (χ4v) is 3.29. The van der Waals surface area contributed by atoms with E-state index in [4.69, 9.17) is 0 Å². The Morgan fingerprint density at radius 3 is 2.81 bits per heavy atom. The number of nitrogens with one attached hydrogen (secondary N) is 2. The monoisotopic (exact) mass is 298 g/mol. The zero-order valence-electron chi connectivity index (χ0n) is 11.9. The Hall–Kier alpha value is -1.94. The number of rotatable bonds is 4. The maximum atomic E-state index is 12.5. The van der Waals surface area contributed by atoms with E-state index >= 15 is 0 Å². The zero-order valence-corrected chi connectivity index (χ0v) is 12.7. The van der Waals surface area contributed by atoms with Gasteiger partial charge in [-0.25, -0.2) is 0 Å². The highest BCUT2D eigenvalue weighted by molar-refractivity contribution is 7.99. The molecule has 0 bridgehead atoms. The predicted molar refractivity (Wildman–Crippen MR) is 89.0 cm³/mol. The van der Waals surface area contributed by atoms with E-state index < -0.39 is 0 Å². The molecule has 0 saturated carbocycles. The number of hydrogen-bond acceptors (Lipinski definition) is 3. The standard InChI is InChI=1S/C17H18N2OS/c1-2-21-16-10-6-5-9-14(16)19-17(20)15-11-12-7-3-4-8-13(12)18-15/h3-10,15,18H,2,11H2,1H3,(H,19,20). The molecule has 0 fully saturated rings. The van der Waals surface area contributed by atoms with Crippen LogP contribution < -0.4 is 10.6 Å². The third-order valence-corrected chi connectivity index (χ3v) is 4.49. The zero-order chi connectivity index (χ0) is 14.7. The summed E-state index contributed by atoms with van der Waals surface area (Å²) in [6, 6.07) is 15.8. The van der Waals surface area contributed by atoms with Gasteiger partial charge in [0.1, 0.15) is 6.04 Å². The second-order valence-corrected chi connectivity index (χ2v) is 6.28. The summed E-state index contributed by atoms with van der Waals surface area (Å²) in [6.45, 7) is 2.11. The molecule has 0 aromatic heterocycles. The van der Waals surface area contributed by atoms with Gasteiger partial charge in [-0.3, -0.25) is 4.79 Å².